The summed E-state index contributed by atoms with van der Waals surface area (Å²) in [6, 6.07) is 0. The summed E-state index contributed by atoms with van der Waals surface area (Å²) in [5, 5.41) is 0. The molecule has 0 radical (unpaired) electrons. The molecule has 0 aromatic rings. The zero-order chi connectivity index (χ0) is 14.7. The summed E-state index contributed by atoms with van der Waals surface area (Å²) in [5.74, 6) is -0.208. The monoisotopic (exact) mass is 281 g/mol. The van der Waals surface area contributed by atoms with Crippen molar-refractivity contribution in [1.29, 1.82) is 0 Å². The van der Waals surface area contributed by atoms with E-state index in [1.165, 1.54) is 30.7 Å². The van der Waals surface area contributed by atoms with Gasteiger partial charge in [0.25, 0.3) is 0 Å². The third-order valence-corrected chi connectivity index (χ3v) is 4.47. The molecule has 5 heteroatoms. The molecule has 0 aliphatic rings. The average molecular weight is 281 g/mol. The summed E-state index contributed by atoms with van der Waals surface area (Å²) in [6.45, 7) is 16.2. The number of nitrogens with zero attached hydrogens (tertiary/aromatic N) is 1. The highest BCUT2D eigenvalue weighted by molar-refractivity contribution is 7.85. The van der Waals surface area contributed by atoms with E-state index in [4.69, 9.17) is 0 Å². The molecule has 18 heavy (non-hydrogen) atoms. The van der Waals surface area contributed by atoms with Crippen molar-refractivity contribution >= 4 is 10.1 Å². The molecule has 0 saturated carbocycles. The first-order chi connectivity index (χ1) is 8.30. The Morgan fingerprint density at radius 2 is 1.22 bits per heavy atom. The molecule has 0 heterocycles. The van der Waals surface area contributed by atoms with Gasteiger partial charge < -0.3 is 9.04 Å². The van der Waals surface area contributed by atoms with Gasteiger partial charge >= 0.3 is 0 Å². The van der Waals surface area contributed by atoms with Crippen molar-refractivity contribution in [2.45, 2.75) is 53.9 Å². The van der Waals surface area contributed by atoms with Crippen LogP contribution in [0.1, 0.15) is 53.9 Å². The highest BCUT2D eigenvalue weighted by Gasteiger charge is 2.16. The molecule has 0 spiro atoms. The summed E-state index contributed by atoms with van der Waals surface area (Å²) in [5.41, 5.74) is 0. The third-order valence-electron chi connectivity index (χ3n) is 3.68. The van der Waals surface area contributed by atoms with Crippen molar-refractivity contribution < 1.29 is 17.5 Å². The second-order valence-corrected chi connectivity index (χ2v) is 6.10. The van der Waals surface area contributed by atoms with Crippen LogP contribution in [-0.2, 0) is 10.1 Å². The van der Waals surface area contributed by atoms with E-state index in [0.29, 0.717) is 6.42 Å². The van der Waals surface area contributed by atoms with Crippen molar-refractivity contribution in [3.05, 3.63) is 0 Å². The first kappa shape index (κ1) is 20.2. The molecule has 0 aliphatic carbocycles. The maximum absolute atomic E-state index is 9.95. The SMILES string of the molecule is CCCCCS(=O)(=O)[O-].CC[N+](CC)(CC)CC. The van der Waals surface area contributed by atoms with Crippen LogP contribution in [0.15, 0.2) is 0 Å². The van der Waals surface area contributed by atoms with Gasteiger partial charge in [-0.2, -0.15) is 0 Å². The zero-order valence-corrected chi connectivity index (χ0v) is 13.6. The molecular weight excluding hydrogens is 250 g/mol. The van der Waals surface area contributed by atoms with E-state index in [-0.39, 0.29) is 5.75 Å². The standard InChI is InChI=1S/C8H20N.C5H12O3S/c1-5-9(6-2,7-3)8-4;1-2-3-4-5-9(6,7)8/h5-8H2,1-4H3;2-5H2,1H3,(H,6,7,8)/q+1;/p-1. The summed E-state index contributed by atoms with van der Waals surface area (Å²) < 4.78 is 31.1. The maximum atomic E-state index is 9.95. The van der Waals surface area contributed by atoms with E-state index in [0.717, 1.165) is 12.8 Å². The lowest BCUT2D eigenvalue weighted by molar-refractivity contribution is -0.921. The fourth-order valence-electron chi connectivity index (χ4n) is 1.87. The van der Waals surface area contributed by atoms with Gasteiger partial charge in [0, 0.05) is 5.75 Å². The van der Waals surface area contributed by atoms with E-state index < -0.39 is 10.1 Å². The summed E-state index contributed by atoms with van der Waals surface area (Å²) >= 11 is 0. The molecule has 4 nitrogen and oxygen atoms in total. The lowest BCUT2D eigenvalue weighted by atomic mass is 10.3. The Kier molecular flexibility index (Phi) is 12.1. The van der Waals surface area contributed by atoms with Gasteiger partial charge in [-0.15, -0.1) is 0 Å². The molecule has 0 aromatic carbocycles. The highest BCUT2D eigenvalue weighted by atomic mass is 32.2. The number of hydrogen-bond acceptors (Lipinski definition) is 3. The lowest BCUT2D eigenvalue weighted by Crippen LogP contribution is -2.47. The Hall–Kier alpha value is -0.130. The predicted molar refractivity (Wildman–Crippen MR) is 76.5 cm³/mol. The predicted octanol–water partition coefficient (Wildman–Crippen LogP) is 2.60. The van der Waals surface area contributed by atoms with E-state index >= 15 is 0 Å². The largest absolute Gasteiger partial charge is 0.748 e. The van der Waals surface area contributed by atoms with Crippen LogP contribution in [0.3, 0.4) is 0 Å². The summed E-state index contributed by atoms with van der Waals surface area (Å²) in [4.78, 5) is 0. The minimum absolute atomic E-state index is 0.208. The lowest BCUT2D eigenvalue weighted by Gasteiger charge is -2.34. The molecule has 0 rings (SSSR count). The van der Waals surface area contributed by atoms with Gasteiger partial charge in [-0.05, 0) is 34.1 Å². The molecule has 0 bridgehead atoms. The van der Waals surface area contributed by atoms with Crippen LogP contribution in [0.2, 0.25) is 0 Å². The normalized spacial score (nSPS) is 11.9. The number of unbranched alkanes of at least 4 members (excludes halogenated alkanes) is 2. The van der Waals surface area contributed by atoms with Crippen LogP contribution in [-0.4, -0.2) is 49.4 Å². The fourth-order valence-corrected chi connectivity index (χ4v) is 2.43. The van der Waals surface area contributed by atoms with Gasteiger partial charge in [0.15, 0.2) is 0 Å². The molecule has 0 unspecified atom stereocenters. The molecule has 0 aliphatic heterocycles. The Morgan fingerprint density at radius 1 is 0.833 bits per heavy atom. The first-order valence-electron chi connectivity index (χ1n) is 7.09. The maximum Gasteiger partial charge on any atom is 0.0945 e. The van der Waals surface area contributed by atoms with Crippen molar-refractivity contribution in [1.82, 2.24) is 0 Å². The van der Waals surface area contributed by atoms with Crippen molar-refractivity contribution in [3.8, 4) is 0 Å². The van der Waals surface area contributed by atoms with E-state index in [2.05, 4.69) is 27.7 Å². The van der Waals surface area contributed by atoms with E-state index in [1.54, 1.807) is 0 Å². The molecule has 112 valence electrons. The number of rotatable bonds is 8. The second kappa shape index (κ2) is 10.8. The van der Waals surface area contributed by atoms with Gasteiger partial charge in [-0.3, -0.25) is 0 Å². The minimum Gasteiger partial charge on any atom is -0.748 e. The average Bonchev–Trinajstić information content (AvgIpc) is 2.32. The molecule has 0 N–H and O–H groups in total. The van der Waals surface area contributed by atoms with Crippen LogP contribution in [0.5, 0.6) is 0 Å². The third kappa shape index (κ3) is 11.0. The fraction of sp³-hybridized carbons (Fsp3) is 1.00. The Balaban J connectivity index is 0. The smallest absolute Gasteiger partial charge is 0.0945 e. The van der Waals surface area contributed by atoms with Crippen molar-refractivity contribution in [3.63, 3.8) is 0 Å². The second-order valence-electron chi connectivity index (χ2n) is 4.58. The summed E-state index contributed by atoms with van der Waals surface area (Å²) in [6.07, 6.45) is 2.26. The molecule has 0 atom stereocenters. The van der Waals surface area contributed by atoms with Gasteiger partial charge in [0.05, 0.1) is 36.3 Å². The Labute approximate surface area is 114 Å². The van der Waals surface area contributed by atoms with Crippen LogP contribution < -0.4 is 0 Å². The van der Waals surface area contributed by atoms with Crippen molar-refractivity contribution in [2.24, 2.45) is 0 Å². The van der Waals surface area contributed by atoms with Crippen molar-refractivity contribution in [2.75, 3.05) is 31.9 Å². The molecular formula is C13H31NO3S. The minimum atomic E-state index is -3.95. The van der Waals surface area contributed by atoms with Crippen LogP contribution in [0.25, 0.3) is 0 Å². The molecule has 0 aromatic heterocycles. The topological polar surface area (TPSA) is 57.2 Å². The molecule has 0 saturated heterocycles. The van der Waals surface area contributed by atoms with Crippen LogP contribution in [0, 0.1) is 0 Å². The molecule has 0 amide bonds. The van der Waals surface area contributed by atoms with E-state index in [1.807, 2.05) is 6.92 Å². The Morgan fingerprint density at radius 3 is 1.39 bits per heavy atom. The van der Waals surface area contributed by atoms with Crippen LogP contribution >= 0.6 is 0 Å². The molecule has 0 fully saturated rings. The zero-order valence-electron chi connectivity index (χ0n) is 12.7. The van der Waals surface area contributed by atoms with Gasteiger partial charge in [0.1, 0.15) is 0 Å². The highest BCUT2D eigenvalue weighted by Crippen LogP contribution is 2.03. The van der Waals surface area contributed by atoms with Crippen LogP contribution in [0.4, 0.5) is 0 Å². The van der Waals surface area contributed by atoms with Gasteiger partial charge in [0.2, 0.25) is 0 Å². The van der Waals surface area contributed by atoms with Gasteiger partial charge in [-0.25, -0.2) is 8.42 Å². The quantitative estimate of drug-likeness (QED) is 0.390. The Bertz CT molecular complexity index is 254. The van der Waals surface area contributed by atoms with Gasteiger partial charge in [-0.1, -0.05) is 19.8 Å². The van der Waals surface area contributed by atoms with E-state index in [9.17, 15) is 13.0 Å². The number of quaternary nitrogens is 1. The first-order valence-corrected chi connectivity index (χ1v) is 8.67. The number of hydrogen-bond donors (Lipinski definition) is 0. The summed E-state index contributed by atoms with van der Waals surface area (Å²) in [7, 11) is -3.95.